The van der Waals surface area contributed by atoms with Crippen molar-refractivity contribution in [1.29, 1.82) is 0 Å². The van der Waals surface area contributed by atoms with Gasteiger partial charge in [0.25, 0.3) is 0 Å². The highest BCUT2D eigenvalue weighted by Gasteiger charge is 2.57. The van der Waals surface area contributed by atoms with E-state index < -0.39 is 17.3 Å². The van der Waals surface area contributed by atoms with Gasteiger partial charge in [-0.2, -0.15) is 0 Å². The van der Waals surface area contributed by atoms with Crippen LogP contribution < -0.4 is 5.32 Å². The van der Waals surface area contributed by atoms with Crippen molar-refractivity contribution < 1.29 is 14.3 Å². The van der Waals surface area contributed by atoms with E-state index in [0.717, 1.165) is 0 Å². The molecule has 1 aliphatic carbocycles. The molecule has 2 rings (SSSR count). The second-order valence-electron chi connectivity index (χ2n) is 4.27. The molecule has 7 heteroatoms. The Morgan fingerprint density at radius 1 is 1.16 bits per heavy atom. The Labute approximate surface area is 125 Å². The summed E-state index contributed by atoms with van der Waals surface area (Å²) in [5.41, 5.74) is -0.777. The molecule has 1 saturated carbocycles. The number of hydrogen-bond donors (Lipinski definition) is 1. The van der Waals surface area contributed by atoms with Crippen molar-refractivity contribution in [2.24, 2.45) is 5.41 Å². The summed E-state index contributed by atoms with van der Waals surface area (Å²) in [6.07, 6.45) is 0.925. The maximum Gasteiger partial charge on any atom is 0.321 e. The number of anilines is 1. The lowest BCUT2D eigenvalue weighted by molar-refractivity contribution is -0.150. The van der Waals surface area contributed by atoms with Gasteiger partial charge in [0.15, 0.2) is 0 Å². The Bertz CT molecular complexity index is 555. The fourth-order valence-electron chi connectivity index (χ4n) is 1.70. The van der Waals surface area contributed by atoms with Gasteiger partial charge in [0, 0.05) is 0 Å². The third-order valence-corrected chi connectivity index (χ3v) is 4.05. The smallest absolute Gasteiger partial charge is 0.321 e. The third kappa shape index (κ3) is 2.66. The van der Waals surface area contributed by atoms with Gasteiger partial charge in [0.1, 0.15) is 5.41 Å². The minimum absolute atomic E-state index is 0.253. The molecular weight excluding hydrogens is 312 g/mol. The molecule has 0 aromatic heterocycles. The van der Waals surface area contributed by atoms with Crippen molar-refractivity contribution in [1.82, 2.24) is 0 Å². The fraction of sp³-hybridized carbons (Fsp3) is 0.333. The molecule has 0 heterocycles. The Balaban J connectivity index is 2.21. The number of benzene rings is 1. The van der Waals surface area contributed by atoms with Crippen LogP contribution in [0.2, 0.25) is 15.1 Å². The van der Waals surface area contributed by atoms with Crippen molar-refractivity contribution in [2.75, 3.05) is 12.4 Å². The minimum Gasteiger partial charge on any atom is -0.468 e. The Hall–Kier alpha value is -0.970. The number of methoxy groups -OCH3 is 1. The van der Waals surface area contributed by atoms with E-state index in [9.17, 15) is 9.59 Å². The van der Waals surface area contributed by atoms with Crippen LogP contribution in [0.1, 0.15) is 12.8 Å². The molecule has 0 radical (unpaired) electrons. The first kappa shape index (κ1) is 14.4. The Morgan fingerprint density at radius 2 is 1.74 bits per heavy atom. The van der Waals surface area contributed by atoms with E-state index in [4.69, 9.17) is 34.8 Å². The summed E-state index contributed by atoms with van der Waals surface area (Å²) in [4.78, 5) is 23.7. The molecule has 0 atom stereocenters. The van der Waals surface area contributed by atoms with Crippen LogP contribution in [0.3, 0.4) is 0 Å². The number of nitrogens with one attached hydrogen (secondary N) is 1. The predicted molar refractivity (Wildman–Crippen MR) is 73.8 cm³/mol. The van der Waals surface area contributed by atoms with Crippen LogP contribution in [0, 0.1) is 5.41 Å². The zero-order chi connectivity index (χ0) is 14.2. The summed E-state index contributed by atoms with van der Waals surface area (Å²) in [5.74, 6) is -0.985. The van der Waals surface area contributed by atoms with Crippen molar-refractivity contribution >= 4 is 52.4 Å². The summed E-state index contributed by atoms with van der Waals surface area (Å²) < 4.78 is 4.63. The van der Waals surface area contributed by atoms with Crippen molar-refractivity contribution in [3.8, 4) is 0 Å². The lowest BCUT2D eigenvalue weighted by Gasteiger charge is -2.14. The molecule has 102 valence electrons. The number of hydrogen-bond acceptors (Lipinski definition) is 3. The maximum absolute atomic E-state index is 12.1. The Morgan fingerprint density at radius 3 is 2.26 bits per heavy atom. The highest BCUT2D eigenvalue weighted by molar-refractivity contribution is 6.44. The highest BCUT2D eigenvalue weighted by Crippen LogP contribution is 2.48. The van der Waals surface area contributed by atoms with Crippen LogP contribution in [0.15, 0.2) is 12.1 Å². The van der Waals surface area contributed by atoms with E-state index in [1.54, 1.807) is 0 Å². The first-order chi connectivity index (χ1) is 8.90. The standard InChI is InChI=1S/C12H10Cl3NO3/c1-19-11(18)12(2-3-12)10(17)16-9-5-7(14)6(13)4-8(9)15/h4-5H,2-3H2,1H3,(H,16,17). The average Bonchev–Trinajstić information content (AvgIpc) is 3.16. The number of rotatable bonds is 3. The fourth-order valence-corrected chi connectivity index (χ4v) is 2.30. The molecule has 1 aromatic carbocycles. The molecule has 0 saturated heterocycles. The second kappa shape index (κ2) is 5.19. The normalized spacial score (nSPS) is 15.8. The van der Waals surface area contributed by atoms with Gasteiger partial charge in [-0.3, -0.25) is 9.59 Å². The van der Waals surface area contributed by atoms with Crippen LogP contribution in [0.4, 0.5) is 5.69 Å². The summed E-state index contributed by atoms with van der Waals surface area (Å²) in [6, 6.07) is 2.87. The van der Waals surface area contributed by atoms with Crippen LogP contribution in [-0.4, -0.2) is 19.0 Å². The maximum atomic E-state index is 12.1. The zero-order valence-corrected chi connectivity index (χ0v) is 12.2. The van der Waals surface area contributed by atoms with Gasteiger partial charge in [-0.25, -0.2) is 0 Å². The van der Waals surface area contributed by atoms with Crippen molar-refractivity contribution in [3.05, 3.63) is 27.2 Å². The van der Waals surface area contributed by atoms with E-state index in [1.165, 1.54) is 19.2 Å². The number of halogens is 3. The molecule has 0 aliphatic heterocycles. The van der Waals surface area contributed by atoms with E-state index >= 15 is 0 Å². The molecule has 1 aliphatic rings. The van der Waals surface area contributed by atoms with Crippen molar-refractivity contribution in [2.45, 2.75) is 12.8 Å². The average molecular weight is 323 g/mol. The number of ether oxygens (including phenoxy) is 1. The van der Waals surface area contributed by atoms with E-state index in [0.29, 0.717) is 23.6 Å². The largest absolute Gasteiger partial charge is 0.468 e. The highest BCUT2D eigenvalue weighted by atomic mass is 35.5. The Kier molecular flexibility index (Phi) is 3.95. The molecule has 1 N–H and O–H groups in total. The molecular formula is C12H10Cl3NO3. The number of amides is 1. The van der Waals surface area contributed by atoms with Crippen LogP contribution in [0.5, 0.6) is 0 Å². The minimum atomic E-state index is -1.09. The molecule has 1 amide bonds. The predicted octanol–water partition coefficient (Wildman–Crippen LogP) is 3.54. The summed E-state index contributed by atoms with van der Waals surface area (Å²) in [7, 11) is 1.25. The first-order valence-electron chi connectivity index (χ1n) is 5.45. The van der Waals surface area contributed by atoms with Crippen molar-refractivity contribution in [3.63, 3.8) is 0 Å². The SMILES string of the molecule is COC(=O)C1(C(=O)Nc2cc(Cl)c(Cl)cc2Cl)CC1. The molecule has 0 unspecified atom stereocenters. The van der Waals surface area contributed by atoms with Gasteiger partial charge in [-0.05, 0) is 25.0 Å². The molecule has 0 bridgehead atoms. The van der Waals surface area contributed by atoms with Crippen LogP contribution in [0.25, 0.3) is 0 Å². The number of carbonyl (C=O) groups is 2. The quantitative estimate of drug-likeness (QED) is 0.526. The van der Waals surface area contributed by atoms with Gasteiger partial charge < -0.3 is 10.1 Å². The summed E-state index contributed by atoms with van der Waals surface area (Å²) in [6.45, 7) is 0. The monoisotopic (exact) mass is 321 g/mol. The molecule has 1 aromatic rings. The van der Waals surface area contributed by atoms with E-state index in [2.05, 4.69) is 10.1 Å². The van der Waals surface area contributed by atoms with Crippen LogP contribution >= 0.6 is 34.8 Å². The van der Waals surface area contributed by atoms with Gasteiger partial charge in [0.2, 0.25) is 5.91 Å². The molecule has 19 heavy (non-hydrogen) atoms. The molecule has 0 spiro atoms. The second-order valence-corrected chi connectivity index (χ2v) is 5.50. The summed E-state index contributed by atoms with van der Waals surface area (Å²) >= 11 is 17.6. The van der Waals surface area contributed by atoms with E-state index in [-0.39, 0.29) is 10.0 Å². The van der Waals surface area contributed by atoms with Crippen LogP contribution in [-0.2, 0) is 14.3 Å². The zero-order valence-electron chi connectivity index (χ0n) is 9.93. The lowest BCUT2D eigenvalue weighted by Crippen LogP contribution is -2.32. The van der Waals surface area contributed by atoms with Gasteiger partial charge in [-0.15, -0.1) is 0 Å². The number of carbonyl (C=O) groups excluding carboxylic acids is 2. The van der Waals surface area contributed by atoms with Gasteiger partial charge in [0.05, 0.1) is 27.9 Å². The van der Waals surface area contributed by atoms with Gasteiger partial charge >= 0.3 is 5.97 Å². The summed E-state index contributed by atoms with van der Waals surface area (Å²) in [5, 5.41) is 3.39. The lowest BCUT2D eigenvalue weighted by atomic mass is 10.1. The van der Waals surface area contributed by atoms with Gasteiger partial charge in [-0.1, -0.05) is 34.8 Å². The van der Waals surface area contributed by atoms with E-state index in [1.807, 2.05) is 0 Å². The molecule has 4 nitrogen and oxygen atoms in total. The molecule has 1 fully saturated rings. The number of esters is 1. The first-order valence-corrected chi connectivity index (χ1v) is 6.58. The third-order valence-electron chi connectivity index (χ3n) is 3.02. The topological polar surface area (TPSA) is 55.4 Å².